The van der Waals surface area contributed by atoms with Crippen LogP contribution in [0.15, 0.2) is 36.4 Å². The molecule has 0 saturated carbocycles. The van der Waals surface area contributed by atoms with E-state index in [1.807, 2.05) is 19.1 Å². The molecule has 1 heterocycles. The molecule has 3 rings (SSSR count). The minimum atomic E-state index is -0.374. The molecule has 0 fully saturated rings. The van der Waals surface area contributed by atoms with E-state index in [-0.39, 0.29) is 21.8 Å². The highest BCUT2D eigenvalue weighted by Crippen LogP contribution is 2.38. The van der Waals surface area contributed by atoms with Gasteiger partial charge in [-0.2, -0.15) is 0 Å². The van der Waals surface area contributed by atoms with E-state index in [9.17, 15) is 4.39 Å². The van der Waals surface area contributed by atoms with Gasteiger partial charge < -0.3 is 4.74 Å². The molecule has 0 N–H and O–H groups in total. The Labute approximate surface area is 130 Å². The third kappa shape index (κ3) is 2.45. The molecule has 2 aromatic carbocycles. The highest BCUT2D eigenvalue weighted by atomic mass is 79.9. The number of rotatable bonds is 2. The fourth-order valence-electron chi connectivity index (χ4n) is 2.50. The maximum atomic E-state index is 14.1. The molecule has 1 aliphatic rings. The Balaban J connectivity index is 1.97. The lowest BCUT2D eigenvalue weighted by atomic mass is 10.0. The Bertz CT molecular complexity index is 659. The number of hydrogen-bond acceptors (Lipinski definition) is 1. The topological polar surface area (TPSA) is 9.23 Å². The first-order chi connectivity index (χ1) is 9.56. The van der Waals surface area contributed by atoms with E-state index in [2.05, 4.69) is 22.0 Å². The van der Waals surface area contributed by atoms with Crippen LogP contribution in [0.1, 0.15) is 28.4 Å². The first-order valence-electron chi connectivity index (χ1n) is 6.43. The highest BCUT2D eigenvalue weighted by molar-refractivity contribution is 9.09. The molecule has 0 bridgehead atoms. The van der Waals surface area contributed by atoms with E-state index >= 15 is 0 Å². The number of fused-ring (bicyclic) bond motifs is 1. The van der Waals surface area contributed by atoms with Gasteiger partial charge >= 0.3 is 0 Å². The molecule has 0 radical (unpaired) electrons. The summed E-state index contributed by atoms with van der Waals surface area (Å²) in [6.07, 6.45) is 1.10. The van der Waals surface area contributed by atoms with Crippen molar-refractivity contribution in [1.82, 2.24) is 0 Å². The molecule has 0 aliphatic carbocycles. The van der Waals surface area contributed by atoms with Crippen LogP contribution in [0.25, 0.3) is 0 Å². The van der Waals surface area contributed by atoms with Crippen molar-refractivity contribution in [3.63, 3.8) is 0 Å². The van der Waals surface area contributed by atoms with Gasteiger partial charge in [-0.05, 0) is 30.2 Å². The Morgan fingerprint density at radius 3 is 2.95 bits per heavy atom. The lowest BCUT2D eigenvalue weighted by Crippen LogP contribution is -2.05. The van der Waals surface area contributed by atoms with Crippen molar-refractivity contribution in [3.05, 3.63) is 63.9 Å². The molecule has 0 saturated heterocycles. The molecule has 2 aromatic rings. The van der Waals surface area contributed by atoms with Crippen molar-refractivity contribution in [2.24, 2.45) is 0 Å². The van der Waals surface area contributed by atoms with Crippen molar-refractivity contribution in [3.8, 4) is 5.75 Å². The fraction of sp³-hybridized carbons (Fsp3) is 0.250. The SMILES string of the molecule is CC1Cc2cc(C(Br)c3cccc(Cl)c3F)ccc2O1. The van der Waals surface area contributed by atoms with E-state index in [1.165, 1.54) is 5.56 Å². The zero-order valence-electron chi connectivity index (χ0n) is 10.9. The predicted octanol–water partition coefficient (Wildman–Crippen LogP) is 5.29. The average Bonchev–Trinajstić information content (AvgIpc) is 2.80. The van der Waals surface area contributed by atoms with Crippen LogP contribution < -0.4 is 4.74 Å². The van der Waals surface area contributed by atoms with Crippen LogP contribution in [0.3, 0.4) is 0 Å². The average molecular weight is 356 g/mol. The summed E-state index contributed by atoms with van der Waals surface area (Å²) >= 11 is 9.41. The Kier molecular flexibility index (Phi) is 3.74. The van der Waals surface area contributed by atoms with Crippen LogP contribution in [-0.4, -0.2) is 6.10 Å². The highest BCUT2D eigenvalue weighted by Gasteiger charge is 2.22. The smallest absolute Gasteiger partial charge is 0.146 e. The quantitative estimate of drug-likeness (QED) is 0.665. The van der Waals surface area contributed by atoms with Crippen LogP contribution in [-0.2, 0) is 6.42 Å². The minimum Gasteiger partial charge on any atom is -0.490 e. The van der Waals surface area contributed by atoms with E-state index < -0.39 is 0 Å². The molecule has 20 heavy (non-hydrogen) atoms. The molecule has 104 valence electrons. The molecular weight excluding hydrogens is 343 g/mol. The number of alkyl halides is 1. The van der Waals surface area contributed by atoms with Gasteiger partial charge in [0, 0.05) is 12.0 Å². The summed E-state index contributed by atoms with van der Waals surface area (Å²) in [5.41, 5.74) is 2.72. The monoisotopic (exact) mass is 354 g/mol. The summed E-state index contributed by atoms with van der Waals surface area (Å²) in [5.74, 6) is 0.550. The standard InChI is InChI=1S/C16H13BrClFO/c1-9-7-11-8-10(5-6-14(11)20-9)15(17)12-3-2-4-13(18)16(12)19/h2-6,8-9,15H,7H2,1H3. The van der Waals surface area contributed by atoms with Gasteiger partial charge in [-0.3, -0.25) is 0 Å². The van der Waals surface area contributed by atoms with Crippen molar-refractivity contribution in [2.75, 3.05) is 0 Å². The van der Waals surface area contributed by atoms with Gasteiger partial charge in [-0.15, -0.1) is 0 Å². The van der Waals surface area contributed by atoms with Crippen molar-refractivity contribution in [1.29, 1.82) is 0 Å². The van der Waals surface area contributed by atoms with Crippen molar-refractivity contribution in [2.45, 2.75) is 24.3 Å². The molecule has 0 aromatic heterocycles. The first kappa shape index (κ1) is 13.9. The molecular formula is C16H13BrClFO. The van der Waals surface area contributed by atoms with Gasteiger partial charge in [-0.25, -0.2) is 4.39 Å². The van der Waals surface area contributed by atoms with Gasteiger partial charge in [0.05, 0.1) is 9.85 Å². The fourth-order valence-corrected chi connectivity index (χ4v) is 3.32. The van der Waals surface area contributed by atoms with Crippen molar-refractivity contribution < 1.29 is 9.13 Å². The Morgan fingerprint density at radius 2 is 2.15 bits per heavy atom. The first-order valence-corrected chi connectivity index (χ1v) is 7.73. The summed E-state index contributed by atoms with van der Waals surface area (Å²) in [6, 6.07) is 11.0. The van der Waals surface area contributed by atoms with Crippen LogP contribution in [0, 0.1) is 5.82 Å². The molecule has 2 unspecified atom stereocenters. The molecule has 0 amide bonds. The normalized spacial score (nSPS) is 18.5. The summed E-state index contributed by atoms with van der Waals surface area (Å²) in [5, 5.41) is 0.144. The number of benzene rings is 2. The summed E-state index contributed by atoms with van der Waals surface area (Å²) in [7, 11) is 0. The van der Waals surface area contributed by atoms with Crippen LogP contribution in [0.4, 0.5) is 4.39 Å². The van der Waals surface area contributed by atoms with Crippen LogP contribution in [0.5, 0.6) is 5.75 Å². The van der Waals surface area contributed by atoms with Crippen LogP contribution >= 0.6 is 27.5 Å². The zero-order valence-corrected chi connectivity index (χ0v) is 13.2. The van der Waals surface area contributed by atoms with E-state index in [4.69, 9.17) is 16.3 Å². The predicted molar refractivity (Wildman–Crippen MR) is 82.4 cm³/mol. The third-order valence-corrected chi connectivity index (χ3v) is 4.78. The second kappa shape index (κ2) is 5.38. The third-order valence-electron chi connectivity index (χ3n) is 3.47. The molecule has 2 atom stereocenters. The second-order valence-electron chi connectivity index (χ2n) is 5.01. The van der Waals surface area contributed by atoms with E-state index in [0.717, 1.165) is 17.7 Å². The van der Waals surface area contributed by atoms with Gasteiger partial charge in [0.1, 0.15) is 17.7 Å². The molecule has 1 nitrogen and oxygen atoms in total. The molecule has 4 heteroatoms. The van der Waals surface area contributed by atoms with E-state index in [1.54, 1.807) is 18.2 Å². The van der Waals surface area contributed by atoms with Crippen LogP contribution in [0.2, 0.25) is 5.02 Å². The van der Waals surface area contributed by atoms with Gasteiger partial charge in [0.25, 0.3) is 0 Å². The Hall–Kier alpha value is -1.06. The summed E-state index contributed by atoms with van der Waals surface area (Å²) in [4.78, 5) is -0.220. The molecule has 0 spiro atoms. The maximum Gasteiger partial charge on any atom is 0.146 e. The van der Waals surface area contributed by atoms with Gasteiger partial charge in [-0.1, -0.05) is 51.8 Å². The second-order valence-corrected chi connectivity index (χ2v) is 6.33. The zero-order chi connectivity index (χ0) is 14.3. The Morgan fingerprint density at radius 1 is 1.35 bits per heavy atom. The van der Waals surface area contributed by atoms with Gasteiger partial charge in [0.2, 0.25) is 0 Å². The lowest BCUT2D eigenvalue weighted by molar-refractivity contribution is 0.254. The largest absolute Gasteiger partial charge is 0.490 e. The number of hydrogen-bond donors (Lipinski definition) is 0. The van der Waals surface area contributed by atoms with E-state index in [0.29, 0.717) is 5.56 Å². The van der Waals surface area contributed by atoms with Gasteiger partial charge in [0.15, 0.2) is 0 Å². The minimum absolute atomic E-state index is 0.144. The number of ether oxygens (including phenoxy) is 1. The summed E-state index contributed by atoms with van der Waals surface area (Å²) in [6.45, 7) is 2.04. The summed E-state index contributed by atoms with van der Waals surface area (Å²) < 4.78 is 19.8. The molecule has 1 aliphatic heterocycles. The van der Waals surface area contributed by atoms with Crippen molar-refractivity contribution >= 4 is 27.5 Å². The maximum absolute atomic E-state index is 14.1. The number of halogens is 3. The lowest BCUT2D eigenvalue weighted by Gasteiger charge is -2.13.